The van der Waals surface area contributed by atoms with Crippen LogP contribution in [0.3, 0.4) is 0 Å². The third-order valence-corrected chi connectivity index (χ3v) is 13.1. The van der Waals surface area contributed by atoms with Crippen LogP contribution in [0.1, 0.15) is 90.1 Å². The zero-order valence-corrected chi connectivity index (χ0v) is 35.5. The van der Waals surface area contributed by atoms with E-state index in [0.717, 1.165) is 0 Å². The molecule has 0 radical (unpaired) electrons. The summed E-state index contributed by atoms with van der Waals surface area (Å²) in [4.78, 5) is 18.6. The van der Waals surface area contributed by atoms with Gasteiger partial charge in [-0.1, -0.05) is 55.6 Å². The van der Waals surface area contributed by atoms with Crippen LogP contribution in [-0.4, -0.2) is 72.5 Å². The van der Waals surface area contributed by atoms with Crippen LogP contribution in [0.4, 0.5) is 17.5 Å². The standard InChI is InChI=1S/C39H36Cl3N12O4P/c1-4-25-28(13-43)34(40)49-37(31(25)16-46)52-10-7-22(19-52)56-59(55,57-23-8-11-53(20-23)38-32(17-47)26(5-2)29(14-44)35(41)50-38)58-24-9-12-54(21-24)39-33(18-48)27(6-3)30(15-45)36(42)51-39/h22-24H,4-12,19-21H2,1-3H3. The van der Waals surface area contributed by atoms with Crippen LogP contribution in [0.25, 0.3) is 0 Å². The van der Waals surface area contributed by atoms with Gasteiger partial charge in [-0.25, -0.2) is 19.5 Å². The molecule has 0 aliphatic carbocycles. The Kier molecular flexibility index (Phi) is 13.5. The molecule has 6 rings (SSSR count). The predicted octanol–water partition coefficient (Wildman–Crippen LogP) is 7.04. The van der Waals surface area contributed by atoms with Crippen LogP contribution < -0.4 is 14.7 Å². The molecule has 3 aromatic rings. The fourth-order valence-electron chi connectivity index (χ4n) is 7.85. The number of rotatable bonds is 12. The number of aromatic nitrogens is 3. The van der Waals surface area contributed by atoms with Crippen LogP contribution in [0, 0.1) is 68.0 Å². The number of halogens is 3. The van der Waals surface area contributed by atoms with Crippen molar-refractivity contribution in [3.05, 3.63) is 65.5 Å². The number of nitrogens with zero attached hydrogens (tertiary/aromatic N) is 12. The molecule has 20 heteroatoms. The summed E-state index contributed by atoms with van der Waals surface area (Å²) in [6.45, 7) is 6.97. The lowest BCUT2D eigenvalue weighted by Gasteiger charge is -2.27. The van der Waals surface area contributed by atoms with E-state index in [2.05, 4.69) is 33.2 Å². The molecule has 3 fully saturated rings. The Bertz CT molecular complexity index is 2230. The van der Waals surface area contributed by atoms with Crippen LogP contribution in [0.15, 0.2) is 0 Å². The maximum Gasteiger partial charge on any atom is 0.475 e. The Morgan fingerprint density at radius 3 is 1.00 bits per heavy atom. The molecular weight excluding hydrogens is 838 g/mol. The van der Waals surface area contributed by atoms with Crippen LogP contribution in [0.5, 0.6) is 0 Å². The number of hydrogen-bond donors (Lipinski definition) is 0. The van der Waals surface area contributed by atoms with Gasteiger partial charge in [0, 0.05) is 39.3 Å². The molecule has 0 bridgehead atoms. The highest BCUT2D eigenvalue weighted by atomic mass is 35.5. The number of pyridine rings is 3. The Morgan fingerprint density at radius 1 is 0.525 bits per heavy atom. The molecule has 3 saturated heterocycles. The fraction of sp³-hybridized carbons (Fsp3) is 0.462. The normalized spacial score (nSPS) is 19.7. The maximum absolute atomic E-state index is 15.0. The second kappa shape index (κ2) is 18.4. The van der Waals surface area contributed by atoms with E-state index in [4.69, 9.17) is 48.4 Å². The van der Waals surface area contributed by atoms with Gasteiger partial charge < -0.3 is 14.7 Å². The van der Waals surface area contributed by atoms with E-state index in [9.17, 15) is 36.1 Å². The summed E-state index contributed by atoms with van der Waals surface area (Å²) < 4.78 is 33.9. The summed E-state index contributed by atoms with van der Waals surface area (Å²) in [5.74, 6) is 0.863. The fourth-order valence-corrected chi connectivity index (χ4v) is 10.3. The number of anilines is 3. The summed E-state index contributed by atoms with van der Waals surface area (Å²) in [6.07, 6.45) is 0.0611. The first-order chi connectivity index (χ1) is 28.4. The molecule has 3 atom stereocenters. The SMILES string of the molecule is CCc1c(C#N)c(Cl)nc(N2CCC(OP(=O)(OC3CCN(c4nc(Cl)c(C#N)c(CC)c4C#N)C3)OC3CCN(c4nc(Cl)c(C#N)c(CC)c4C#N)C3)C2)c1C#N. The Balaban J connectivity index is 1.28. The first kappa shape index (κ1) is 43.4. The Morgan fingerprint density at radius 2 is 0.780 bits per heavy atom. The summed E-state index contributed by atoms with van der Waals surface area (Å²) in [5, 5.41) is 59.3. The van der Waals surface area contributed by atoms with Gasteiger partial charge in [0.15, 0.2) is 0 Å². The van der Waals surface area contributed by atoms with Crippen molar-refractivity contribution in [3.8, 4) is 36.4 Å². The Labute approximate surface area is 356 Å². The highest BCUT2D eigenvalue weighted by molar-refractivity contribution is 7.48. The number of phosphoric ester groups is 1. The summed E-state index contributed by atoms with van der Waals surface area (Å²) in [6, 6.07) is 12.6. The molecule has 302 valence electrons. The molecule has 3 aliphatic rings. The van der Waals surface area contributed by atoms with Crippen molar-refractivity contribution in [2.75, 3.05) is 54.0 Å². The van der Waals surface area contributed by atoms with Crippen molar-refractivity contribution in [2.24, 2.45) is 0 Å². The van der Waals surface area contributed by atoms with E-state index in [0.29, 0.717) is 74.8 Å². The highest BCUT2D eigenvalue weighted by Crippen LogP contribution is 2.55. The van der Waals surface area contributed by atoms with E-state index in [1.807, 2.05) is 39.0 Å². The van der Waals surface area contributed by atoms with Crippen molar-refractivity contribution >= 4 is 60.1 Å². The van der Waals surface area contributed by atoms with E-state index >= 15 is 0 Å². The molecule has 6 heterocycles. The van der Waals surface area contributed by atoms with Crippen molar-refractivity contribution in [1.29, 1.82) is 31.6 Å². The minimum atomic E-state index is -4.43. The first-order valence-electron chi connectivity index (χ1n) is 18.9. The van der Waals surface area contributed by atoms with Crippen molar-refractivity contribution in [1.82, 2.24) is 15.0 Å². The molecule has 3 unspecified atom stereocenters. The van der Waals surface area contributed by atoms with Crippen LogP contribution in [0.2, 0.25) is 15.5 Å². The van der Waals surface area contributed by atoms with Crippen molar-refractivity contribution in [2.45, 2.75) is 77.6 Å². The van der Waals surface area contributed by atoms with Crippen LogP contribution >= 0.6 is 42.6 Å². The first-order valence-corrected chi connectivity index (χ1v) is 21.5. The minimum absolute atomic E-state index is 0.0241. The predicted molar refractivity (Wildman–Crippen MR) is 217 cm³/mol. The minimum Gasteiger partial charge on any atom is -0.353 e. The van der Waals surface area contributed by atoms with Gasteiger partial charge in [-0.05, 0) is 55.2 Å². The second-order valence-electron chi connectivity index (χ2n) is 13.9. The average molecular weight is 874 g/mol. The zero-order chi connectivity index (χ0) is 42.6. The highest BCUT2D eigenvalue weighted by Gasteiger charge is 2.43. The van der Waals surface area contributed by atoms with E-state index in [1.165, 1.54) is 0 Å². The summed E-state index contributed by atoms with van der Waals surface area (Å²) in [7, 11) is -4.43. The topological polar surface area (TPSA) is 236 Å². The van der Waals surface area contributed by atoms with Gasteiger partial charge in [-0.15, -0.1) is 0 Å². The number of nitriles is 6. The Hall–Kier alpha value is -5.23. The largest absolute Gasteiger partial charge is 0.475 e. The van der Waals surface area contributed by atoms with Crippen molar-refractivity contribution < 1.29 is 18.1 Å². The lowest BCUT2D eigenvalue weighted by Crippen LogP contribution is -2.29. The van der Waals surface area contributed by atoms with Gasteiger partial charge in [-0.3, -0.25) is 13.6 Å². The summed E-state index contributed by atoms with van der Waals surface area (Å²) >= 11 is 19.2. The molecule has 3 aromatic heterocycles. The van der Waals surface area contributed by atoms with E-state index in [1.54, 1.807) is 14.7 Å². The second-order valence-corrected chi connectivity index (χ2v) is 16.5. The molecule has 0 spiro atoms. The molecule has 0 saturated carbocycles. The molecule has 3 aliphatic heterocycles. The maximum atomic E-state index is 15.0. The van der Waals surface area contributed by atoms with Gasteiger partial charge in [-0.2, -0.15) is 31.6 Å². The van der Waals surface area contributed by atoms with Gasteiger partial charge in [0.25, 0.3) is 0 Å². The lowest BCUT2D eigenvalue weighted by atomic mass is 10.0. The molecule has 0 aromatic carbocycles. The molecule has 0 N–H and O–H groups in total. The van der Waals surface area contributed by atoms with Gasteiger partial charge in [0.05, 0.1) is 51.7 Å². The smallest absolute Gasteiger partial charge is 0.353 e. The molecule has 59 heavy (non-hydrogen) atoms. The van der Waals surface area contributed by atoms with Gasteiger partial charge in [0.2, 0.25) is 0 Å². The summed E-state index contributed by atoms with van der Waals surface area (Å²) in [5.41, 5.74) is 2.54. The van der Waals surface area contributed by atoms with E-state index < -0.39 is 26.1 Å². The molecule has 16 nitrogen and oxygen atoms in total. The van der Waals surface area contributed by atoms with Crippen LogP contribution in [-0.2, 0) is 37.4 Å². The molecule has 0 amide bonds. The number of hydrogen-bond acceptors (Lipinski definition) is 16. The zero-order valence-electron chi connectivity index (χ0n) is 32.3. The van der Waals surface area contributed by atoms with Gasteiger partial charge >= 0.3 is 7.82 Å². The van der Waals surface area contributed by atoms with Gasteiger partial charge in [0.1, 0.15) is 69.3 Å². The molecular formula is C39H36Cl3N12O4P. The third-order valence-electron chi connectivity index (χ3n) is 10.6. The van der Waals surface area contributed by atoms with E-state index in [-0.39, 0.29) is 85.9 Å². The van der Waals surface area contributed by atoms with Crippen molar-refractivity contribution in [3.63, 3.8) is 0 Å². The average Bonchev–Trinajstić information content (AvgIpc) is 4.01. The number of phosphoric acid groups is 1. The monoisotopic (exact) mass is 872 g/mol. The quantitative estimate of drug-likeness (QED) is 0.131. The third kappa shape index (κ3) is 8.46. The lowest BCUT2D eigenvalue weighted by molar-refractivity contribution is 0.0452.